The van der Waals surface area contributed by atoms with Gasteiger partial charge >= 0.3 is 6.03 Å². The molecule has 106 valence electrons. The maximum Gasteiger partial charge on any atom is 0.321 e. The van der Waals surface area contributed by atoms with Crippen molar-refractivity contribution >= 4 is 11.7 Å². The summed E-state index contributed by atoms with van der Waals surface area (Å²) in [6.45, 7) is 6.54. The SMILES string of the molecule is CCN(CC(C)(C)O)C(=O)Nc1ccc(CN)cc1. The number of carbonyl (C=O) groups is 1. The Morgan fingerprint density at radius 3 is 2.37 bits per heavy atom. The maximum absolute atomic E-state index is 12.1. The third-order valence-electron chi connectivity index (χ3n) is 2.69. The Morgan fingerprint density at radius 2 is 1.95 bits per heavy atom. The number of anilines is 1. The third-order valence-corrected chi connectivity index (χ3v) is 2.69. The van der Waals surface area contributed by atoms with Crippen LogP contribution in [0.4, 0.5) is 10.5 Å². The van der Waals surface area contributed by atoms with Crippen LogP contribution in [0.25, 0.3) is 0 Å². The smallest absolute Gasteiger partial charge is 0.321 e. The number of carbonyl (C=O) groups excluding carboxylic acids is 1. The van der Waals surface area contributed by atoms with Gasteiger partial charge in [0.1, 0.15) is 0 Å². The number of amides is 2. The zero-order valence-electron chi connectivity index (χ0n) is 11.8. The molecule has 0 heterocycles. The average molecular weight is 265 g/mol. The molecular weight excluding hydrogens is 242 g/mol. The molecular formula is C14H23N3O2. The van der Waals surface area contributed by atoms with Crippen molar-refractivity contribution in [3.63, 3.8) is 0 Å². The molecule has 1 aromatic carbocycles. The van der Waals surface area contributed by atoms with Gasteiger partial charge in [-0.25, -0.2) is 4.79 Å². The summed E-state index contributed by atoms with van der Waals surface area (Å²) in [5.41, 5.74) is 6.35. The lowest BCUT2D eigenvalue weighted by Gasteiger charge is -2.28. The van der Waals surface area contributed by atoms with E-state index >= 15 is 0 Å². The molecule has 0 unspecified atom stereocenters. The molecule has 5 nitrogen and oxygen atoms in total. The highest BCUT2D eigenvalue weighted by Gasteiger charge is 2.21. The monoisotopic (exact) mass is 265 g/mol. The van der Waals surface area contributed by atoms with Crippen molar-refractivity contribution in [1.29, 1.82) is 0 Å². The van der Waals surface area contributed by atoms with Gasteiger partial charge in [0.2, 0.25) is 0 Å². The summed E-state index contributed by atoms with van der Waals surface area (Å²) >= 11 is 0. The summed E-state index contributed by atoms with van der Waals surface area (Å²) in [6, 6.07) is 7.17. The predicted octanol–water partition coefficient (Wildman–Crippen LogP) is 1.77. The van der Waals surface area contributed by atoms with E-state index in [0.717, 1.165) is 11.3 Å². The molecule has 0 saturated carbocycles. The van der Waals surface area contributed by atoms with Crippen LogP contribution in [0, 0.1) is 0 Å². The second-order valence-corrected chi connectivity index (χ2v) is 5.16. The summed E-state index contributed by atoms with van der Waals surface area (Å²) in [7, 11) is 0. The number of hydrogen-bond donors (Lipinski definition) is 3. The molecule has 0 radical (unpaired) electrons. The van der Waals surface area contributed by atoms with Gasteiger partial charge < -0.3 is 21.1 Å². The van der Waals surface area contributed by atoms with Crippen molar-refractivity contribution in [1.82, 2.24) is 4.90 Å². The molecule has 19 heavy (non-hydrogen) atoms. The molecule has 4 N–H and O–H groups in total. The minimum absolute atomic E-state index is 0.217. The van der Waals surface area contributed by atoms with E-state index in [0.29, 0.717) is 13.1 Å². The molecule has 0 atom stereocenters. The average Bonchev–Trinajstić information content (AvgIpc) is 2.35. The fourth-order valence-corrected chi connectivity index (χ4v) is 1.72. The lowest BCUT2D eigenvalue weighted by atomic mass is 10.1. The van der Waals surface area contributed by atoms with Gasteiger partial charge in [-0.05, 0) is 38.5 Å². The molecule has 1 aromatic rings. The fraction of sp³-hybridized carbons (Fsp3) is 0.500. The van der Waals surface area contributed by atoms with Crippen LogP contribution < -0.4 is 11.1 Å². The van der Waals surface area contributed by atoms with Gasteiger partial charge in [-0.1, -0.05) is 12.1 Å². The van der Waals surface area contributed by atoms with Gasteiger partial charge in [0.25, 0.3) is 0 Å². The number of nitrogens with two attached hydrogens (primary N) is 1. The summed E-state index contributed by atoms with van der Waals surface area (Å²) in [4.78, 5) is 13.6. The van der Waals surface area contributed by atoms with Crippen molar-refractivity contribution in [3.8, 4) is 0 Å². The van der Waals surface area contributed by atoms with Crippen LogP contribution in [0.3, 0.4) is 0 Å². The molecule has 0 aliphatic carbocycles. The van der Waals surface area contributed by atoms with Crippen molar-refractivity contribution in [3.05, 3.63) is 29.8 Å². The molecule has 0 spiro atoms. The number of likely N-dealkylation sites (N-methyl/N-ethyl adjacent to an activating group) is 1. The first-order valence-electron chi connectivity index (χ1n) is 6.43. The molecule has 0 bridgehead atoms. The number of urea groups is 1. The number of hydrogen-bond acceptors (Lipinski definition) is 3. The zero-order valence-corrected chi connectivity index (χ0v) is 11.8. The van der Waals surface area contributed by atoms with E-state index in [-0.39, 0.29) is 12.6 Å². The number of benzene rings is 1. The molecule has 0 fully saturated rings. The number of rotatable bonds is 5. The Bertz CT molecular complexity index is 410. The largest absolute Gasteiger partial charge is 0.389 e. The summed E-state index contributed by atoms with van der Waals surface area (Å²) < 4.78 is 0. The lowest BCUT2D eigenvalue weighted by molar-refractivity contribution is 0.0501. The van der Waals surface area contributed by atoms with Gasteiger partial charge in [0.05, 0.1) is 12.1 Å². The summed E-state index contributed by atoms with van der Waals surface area (Å²) in [6.07, 6.45) is 0. The van der Waals surface area contributed by atoms with Gasteiger partial charge in [0, 0.05) is 18.8 Å². The predicted molar refractivity (Wildman–Crippen MR) is 76.9 cm³/mol. The Balaban J connectivity index is 2.65. The quantitative estimate of drug-likeness (QED) is 0.759. The van der Waals surface area contributed by atoms with E-state index in [1.165, 1.54) is 0 Å². The van der Waals surface area contributed by atoms with Crippen LogP contribution in [-0.4, -0.2) is 34.7 Å². The molecule has 0 aromatic heterocycles. The molecule has 5 heteroatoms. The zero-order chi connectivity index (χ0) is 14.5. The fourth-order valence-electron chi connectivity index (χ4n) is 1.72. The first-order valence-corrected chi connectivity index (χ1v) is 6.43. The van der Waals surface area contributed by atoms with E-state index in [1.807, 2.05) is 31.2 Å². The molecule has 0 saturated heterocycles. The topological polar surface area (TPSA) is 78.6 Å². The van der Waals surface area contributed by atoms with Crippen LogP contribution in [-0.2, 0) is 6.54 Å². The lowest BCUT2D eigenvalue weighted by Crippen LogP contribution is -2.44. The Kier molecular flexibility index (Phi) is 5.32. The van der Waals surface area contributed by atoms with E-state index in [9.17, 15) is 9.90 Å². The highest BCUT2D eigenvalue weighted by molar-refractivity contribution is 5.89. The second-order valence-electron chi connectivity index (χ2n) is 5.16. The molecule has 2 amide bonds. The summed E-state index contributed by atoms with van der Waals surface area (Å²) in [5.74, 6) is 0. The van der Waals surface area contributed by atoms with Crippen LogP contribution >= 0.6 is 0 Å². The number of aliphatic hydroxyl groups is 1. The van der Waals surface area contributed by atoms with Gasteiger partial charge in [0.15, 0.2) is 0 Å². The third kappa shape index (κ3) is 5.28. The Morgan fingerprint density at radius 1 is 1.37 bits per heavy atom. The van der Waals surface area contributed by atoms with E-state index < -0.39 is 5.60 Å². The van der Waals surface area contributed by atoms with Gasteiger partial charge in [-0.15, -0.1) is 0 Å². The normalized spacial score (nSPS) is 11.2. The van der Waals surface area contributed by atoms with Gasteiger partial charge in [-0.2, -0.15) is 0 Å². The van der Waals surface area contributed by atoms with Crippen LogP contribution in [0.1, 0.15) is 26.3 Å². The number of nitrogens with one attached hydrogen (secondary N) is 1. The molecule has 1 rings (SSSR count). The van der Waals surface area contributed by atoms with E-state index in [4.69, 9.17) is 5.73 Å². The van der Waals surface area contributed by atoms with Crippen molar-refractivity contribution < 1.29 is 9.90 Å². The van der Waals surface area contributed by atoms with Crippen molar-refractivity contribution in [2.45, 2.75) is 32.9 Å². The minimum atomic E-state index is -0.906. The van der Waals surface area contributed by atoms with Crippen LogP contribution in [0.2, 0.25) is 0 Å². The maximum atomic E-state index is 12.1. The van der Waals surface area contributed by atoms with Crippen LogP contribution in [0.5, 0.6) is 0 Å². The Labute approximate surface area is 114 Å². The van der Waals surface area contributed by atoms with E-state index in [1.54, 1.807) is 18.7 Å². The van der Waals surface area contributed by atoms with Crippen molar-refractivity contribution in [2.24, 2.45) is 5.73 Å². The first kappa shape index (κ1) is 15.5. The Hall–Kier alpha value is -1.59. The van der Waals surface area contributed by atoms with Crippen molar-refractivity contribution in [2.75, 3.05) is 18.4 Å². The second kappa shape index (κ2) is 6.54. The molecule has 0 aliphatic rings. The first-order chi connectivity index (χ1) is 8.85. The molecule has 0 aliphatic heterocycles. The van der Waals surface area contributed by atoms with E-state index in [2.05, 4.69) is 5.32 Å². The van der Waals surface area contributed by atoms with Gasteiger partial charge in [-0.3, -0.25) is 0 Å². The standard InChI is InChI=1S/C14H23N3O2/c1-4-17(10-14(2,3)19)13(18)16-12-7-5-11(9-15)6-8-12/h5-8,19H,4,9-10,15H2,1-3H3,(H,16,18). The highest BCUT2D eigenvalue weighted by Crippen LogP contribution is 2.11. The highest BCUT2D eigenvalue weighted by atomic mass is 16.3. The number of nitrogens with zero attached hydrogens (tertiary/aromatic N) is 1. The van der Waals surface area contributed by atoms with Crippen LogP contribution in [0.15, 0.2) is 24.3 Å². The minimum Gasteiger partial charge on any atom is -0.389 e. The summed E-state index contributed by atoms with van der Waals surface area (Å²) in [5, 5.41) is 12.6.